The number of carbonyl (C=O) groups is 1. The Kier molecular flexibility index (Phi) is 2.87. The Morgan fingerprint density at radius 2 is 2.29 bits per heavy atom. The van der Waals surface area contributed by atoms with Gasteiger partial charge in [-0.2, -0.15) is 5.26 Å². The van der Waals surface area contributed by atoms with Crippen LogP contribution in [0.4, 0.5) is 8.78 Å². The molecule has 3 nitrogen and oxygen atoms in total. The first-order chi connectivity index (χ1) is 6.61. The topological polar surface area (TPSA) is 53.8 Å². The van der Waals surface area contributed by atoms with E-state index < -0.39 is 6.43 Å². The lowest BCUT2D eigenvalue weighted by Gasteiger charge is -2.06. The summed E-state index contributed by atoms with van der Waals surface area (Å²) >= 11 is 0. The van der Waals surface area contributed by atoms with Crippen LogP contribution in [0.5, 0.6) is 0 Å². The number of aldehydes is 1. The van der Waals surface area contributed by atoms with E-state index in [1.165, 1.54) is 6.92 Å². The molecule has 0 bridgehead atoms. The lowest BCUT2D eigenvalue weighted by molar-refractivity contribution is 0.112. The van der Waals surface area contributed by atoms with Crippen molar-refractivity contribution in [2.24, 2.45) is 0 Å². The van der Waals surface area contributed by atoms with E-state index in [1.807, 2.05) is 0 Å². The molecule has 14 heavy (non-hydrogen) atoms. The van der Waals surface area contributed by atoms with Crippen molar-refractivity contribution in [1.82, 2.24) is 4.98 Å². The van der Waals surface area contributed by atoms with Crippen molar-refractivity contribution >= 4 is 6.29 Å². The predicted molar refractivity (Wildman–Crippen MR) is 44.0 cm³/mol. The molecule has 1 heterocycles. The third-order valence-corrected chi connectivity index (χ3v) is 1.88. The lowest BCUT2D eigenvalue weighted by Crippen LogP contribution is -2.01. The largest absolute Gasteiger partial charge is 0.298 e. The van der Waals surface area contributed by atoms with Gasteiger partial charge in [0, 0.05) is 11.8 Å². The Bertz CT molecular complexity index is 410. The van der Waals surface area contributed by atoms with Gasteiger partial charge in [-0.3, -0.25) is 4.79 Å². The SMILES string of the molecule is Cc1c(C(F)F)cnc(C#N)c1C=O. The van der Waals surface area contributed by atoms with Gasteiger partial charge in [-0.25, -0.2) is 13.8 Å². The van der Waals surface area contributed by atoms with Crippen LogP contribution in [0.25, 0.3) is 0 Å². The molecule has 0 aromatic carbocycles. The molecule has 0 atom stereocenters. The summed E-state index contributed by atoms with van der Waals surface area (Å²) in [6.45, 7) is 1.37. The zero-order valence-electron chi connectivity index (χ0n) is 7.29. The number of nitriles is 1. The smallest absolute Gasteiger partial charge is 0.265 e. The standard InChI is InChI=1S/C9H6F2N2O/c1-5-6(9(10)11)3-13-8(2-12)7(5)4-14/h3-4,9H,1H3. The van der Waals surface area contributed by atoms with E-state index in [-0.39, 0.29) is 22.4 Å². The highest BCUT2D eigenvalue weighted by Gasteiger charge is 2.16. The van der Waals surface area contributed by atoms with E-state index in [4.69, 9.17) is 5.26 Å². The fraction of sp³-hybridized carbons (Fsp3) is 0.222. The van der Waals surface area contributed by atoms with Crippen LogP contribution in [-0.4, -0.2) is 11.3 Å². The second kappa shape index (κ2) is 3.92. The van der Waals surface area contributed by atoms with Gasteiger partial charge in [0.1, 0.15) is 6.07 Å². The summed E-state index contributed by atoms with van der Waals surface area (Å²) in [5, 5.41) is 8.54. The summed E-state index contributed by atoms with van der Waals surface area (Å²) in [5.74, 6) is 0. The Morgan fingerprint density at radius 1 is 1.64 bits per heavy atom. The van der Waals surface area contributed by atoms with Crippen LogP contribution in [0.15, 0.2) is 6.20 Å². The van der Waals surface area contributed by atoms with Crippen LogP contribution < -0.4 is 0 Å². The number of pyridine rings is 1. The molecule has 0 radical (unpaired) electrons. The van der Waals surface area contributed by atoms with Gasteiger partial charge in [-0.15, -0.1) is 0 Å². The van der Waals surface area contributed by atoms with E-state index in [2.05, 4.69) is 4.98 Å². The molecule has 1 aromatic rings. The Labute approximate surface area is 79.0 Å². The molecule has 0 saturated heterocycles. The average molecular weight is 196 g/mol. The number of alkyl halides is 2. The van der Waals surface area contributed by atoms with Crippen LogP contribution in [0.3, 0.4) is 0 Å². The Balaban J connectivity index is 3.44. The van der Waals surface area contributed by atoms with E-state index in [0.29, 0.717) is 6.29 Å². The number of hydrogen-bond donors (Lipinski definition) is 0. The highest BCUT2D eigenvalue weighted by Crippen LogP contribution is 2.24. The second-order valence-electron chi connectivity index (χ2n) is 2.63. The molecular weight excluding hydrogens is 190 g/mol. The molecule has 0 amide bonds. The normalized spacial score (nSPS) is 9.93. The highest BCUT2D eigenvalue weighted by molar-refractivity contribution is 5.80. The van der Waals surface area contributed by atoms with Crippen molar-refractivity contribution in [3.05, 3.63) is 28.6 Å². The number of halogens is 2. The van der Waals surface area contributed by atoms with Crippen LogP contribution in [0, 0.1) is 18.3 Å². The molecule has 5 heteroatoms. The van der Waals surface area contributed by atoms with Gasteiger partial charge in [-0.1, -0.05) is 0 Å². The molecule has 0 saturated carbocycles. The summed E-state index contributed by atoms with van der Waals surface area (Å²) < 4.78 is 24.7. The molecule has 0 aliphatic heterocycles. The third kappa shape index (κ3) is 1.59. The fourth-order valence-electron chi connectivity index (χ4n) is 1.09. The van der Waals surface area contributed by atoms with Crippen molar-refractivity contribution in [3.8, 4) is 6.07 Å². The molecule has 0 N–H and O–H groups in total. The fourth-order valence-corrected chi connectivity index (χ4v) is 1.09. The van der Waals surface area contributed by atoms with E-state index >= 15 is 0 Å². The molecule has 0 fully saturated rings. The van der Waals surface area contributed by atoms with Gasteiger partial charge in [0.25, 0.3) is 6.43 Å². The monoisotopic (exact) mass is 196 g/mol. The molecular formula is C9H6F2N2O. The van der Waals surface area contributed by atoms with Crippen LogP contribution in [-0.2, 0) is 0 Å². The van der Waals surface area contributed by atoms with Gasteiger partial charge < -0.3 is 0 Å². The minimum Gasteiger partial charge on any atom is -0.298 e. The predicted octanol–water partition coefficient (Wildman–Crippen LogP) is 2.01. The summed E-state index contributed by atoms with van der Waals surface area (Å²) in [6.07, 6.45) is -1.40. The molecule has 0 unspecified atom stereocenters. The Morgan fingerprint density at radius 3 is 2.71 bits per heavy atom. The summed E-state index contributed by atoms with van der Waals surface area (Å²) in [7, 11) is 0. The summed E-state index contributed by atoms with van der Waals surface area (Å²) in [5.41, 5.74) is -0.389. The first-order valence-electron chi connectivity index (χ1n) is 3.74. The molecule has 1 rings (SSSR count). The van der Waals surface area contributed by atoms with Gasteiger partial charge in [0.05, 0.1) is 5.56 Å². The van der Waals surface area contributed by atoms with Crippen molar-refractivity contribution in [1.29, 1.82) is 5.26 Å². The van der Waals surface area contributed by atoms with Crippen molar-refractivity contribution in [3.63, 3.8) is 0 Å². The van der Waals surface area contributed by atoms with E-state index in [1.54, 1.807) is 6.07 Å². The Hall–Kier alpha value is -1.83. The molecule has 1 aromatic heterocycles. The maximum Gasteiger partial charge on any atom is 0.265 e. The average Bonchev–Trinajstić information content (AvgIpc) is 2.16. The van der Waals surface area contributed by atoms with Crippen molar-refractivity contribution in [2.45, 2.75) is 13.3 Å². The van der Waals surface area contributed by atoms with Crippen molar-refractivity contribution < 1.29 is 13.6 Å². The molecule has 0 aliphatic carbocycles. The summed E-state index contributed by atoms with van der Waals surface area (Å²) in [4.78, 5) is 14.0. The number of nitrogens with zero attached hydrogens (tertiary/aromatic N) is 2. The van der Waals surface area contributed by atoms with Gasteiger partial charge in [-0.05, 0) is 12.5 Å². The second-order valence-corrected chi connectivity index (χ2v) is 2.63. The first kappa shape index (κ1) is 10.3. The van der Waals surface area contributed by atoms with Crippen LogP contribution in [0.2, 0.25) is 0 Å². The quantitative estimate of drug-likeness (QED) is 0.680. The minimum atomic E-state index is -2.69. The maximum absolute atomic E-state index is 12.3. The first-order valence-corrected chi connectivity index (χ1v) is 3.74. The molecule has 0 aliphatic rings. The maximum atomic E-state index is 12.3. The van der Waals surface area contributed by atoms with Gasteiger partial charge in [0.15, 0.2) is 12.0 Å². The van der Waals surface area contributed by atoms with Crippen LogP contribution in [0.1, 0.15) is 33.6 Å². The van der Waals surface area contributed by atoms with Gasteiger partial charge >= 0.3 is 0 Å². The van der Waals surface area contributed by atoms with E-state index in [0.717, 1.165) is 6.20 Å². The number of aromatic nitrogens is 1. The zero-order chi connectivity index (χ0) is 10.7. The van der Waals surface area contributed by atoms with E-state index in [9.17, 15) is 13.6 Å². The number of rotatable bonds is 2. The zero-order valence-corrected chi connectivity index (χ0v) is 7.29. The molecule has 0 spiro atoms. The lowest BCUT2D eigenvalue weighted by atomic mass is 10.0. The van der Waals surface area contributed by atoms with Crippen molar-refractivity contribution in [2.75, 3.05) is 0 Å². The highest BCUT2D eigenvalue weighted by atomic mass is 19.3. The van der Waals surface area contributed by atoms with Gasteiger partial charge in [0.2, 0.25) is 0 Å². The minimum absolute atomic E-state index is 0.0645. The number of hydrogen-bond acceptors (Lipinski definition) is 3. The molecule has 72 valence electrons. The number of carbonyl (C=O) groups excluding carboxylic acids is 1. The van der Waals surface area contributed by atoms with Crippen LogP contribution >= 0.6 is 0 Å². The summed E-state index contributed by atoms with van der Waals surface area (Å²) in [6, 6.07) is 1.67. The third-order valence-electron chi connectivity index (χ3n) is 1.88.